The van der Waals surface area contributed by atoms with Crippen LogP contribution in [-0.2, 0) is 18.4 Å². The van der Waals surface area contributed by atoms with Gasteiger partial charge in [-0.2, -0.15) is 0 Å². The smallest absolute Gasteiger partial charge is 0.223 e. The van der Waals surface area contributed by atoms with Crippen LogP contribution in [0.1, 0.15) is 18.4 Å². The van der Waals surface area contributed by atoms with Gasteiger partial charge in [-0.15, -0.1) is 0 Å². The summed E-state index contributed by atoms with van der Waals surface area (Å²) in [5.41, 5.74) is 2.52. The molecule has 6 nitrogen and oxygen atoms in total. The molecule has 2 aromatic rings. The molecular weight excluding hydrogens is 398 g/mol. The number of hydrogen-bond acceptors (Lipinski definition) is 4. The van der Waals surface area contributed by atoms with E-state index in [-0.39, 0.29) is 11.8 Å². The second-order valence-electron chi connectivity index (χ2n) is 8.91. The van der Waals surface area contributed by atoms with E-state index in [1.807, 2.05) is 6.07 Å². The molecule has 4 rings (SSSR count). The Morgan fingerprint density at radius 3 is 2.53 bits per heavy atom. The van der Waals surface area contributed by atoms with Crippen molar-refractivity contribution >= 4 is 28.4 Å². The number of hydrogen-bond donors (Lipinski definition) is 1. The molecule has 0 radical (unpaired) electrons. The van der Waals surface area contributed by atoms with Crippen molar-refractivity contribution < 1.29 is 4.79 Å². The van der Waals surface area contributed by atoms with Gasteiger partial charge in [0.2, 0.25) is 5.91 Å². The number of aryl methyl sites for hydroxylation is 1. The van der Waals surface area contributed by atoms with Crippen LogP contribution in [0.2, 0.25) is 5.02 Å². The lowest BCUT2D eigenvalue weighted by Gasteiger charge is -2.33. The lowest BCUT2D eigenvalue weighted by Crippen LogP contribution is -2.47. The van der Waals surface area contributed by atoms with Crippen LogP contribution in [0.15, 0.2) is 24.4 Å². The lowest BCUT2D eigenvalue weighted by atomic mass is 9.95. The number of nitrogens with zero attached hydrogens (tertiary/aromatic N) is 4. The number of piperidine rings is 1. The molecule has 0 bridgehead atoms. The van der Waals surface area contributed by atoms with Crippen molar-refractivity contribution in [3.63, 3.8) is 0 Å². The van der Waals surface area contributed by atoms with E-state index in [1.165, 1.54) is 16.5 Å². The minimum absolute atomic E-state index is 0.149. The average Bonchev–Trinajstić information content (AvgIpc) is 3.04. The standard InChI is InChI=1S/C23H34ClN5O/c1-26-11-13-28(14-12-26)10-7-25-23(30)18-5-8-29(9-6-18)17-19-16-27(2)22-4-3-20(24)15-21(19)22/h3-4,15-16,18H,5-14,17H2,1-2H3,(H,25,30). The third-order valence-electron chi connectivity index (χ3n) is 6.71. The Kier molecular flexibility index (Phi) is 6.98. The quantitative estimate of drug-likeness (QED) is 0.762. The molecule has 7 heteroatoms. The predicted octanol–water partition coefficient (Wildman–Crippen LogP) is 2.41. The highest BCUT2D eigenvalue weighted by atomic mass is 35.5. The molecule has 0 spiro atoms. The number of fused-ring (bicyclic) bond motifs is 1. The number of halogens is 1. The molecule has 3 heterocycles. The van der Waals surface area contributed by atoms with Crippen LogP contribution in [0.3, 0.4) is 0 Å². The summed E-state index contributed by atoms with van der Waals surface area (Å²) in [7, 11) is 4.25. The minimum atomic E-state index is 0.149. The average molecular weight is 432 g/mol. The van der Waals surface area contributed by atoms with Gasteiger partial charge in [0.15, 0.2) is 0 Å². The van der Waals surface area contributed by atoms with Crippen molar-refractivity contribution in [2.24, 2.45) is 13.0 Å². The number of aromatic nitrogens is 1. The summed E-state index contributed by atoms with van der Waals surface area (Å²) in [4.78, 5) is 19.9. The first-order valence-electron chi connectivity index (χ1n) is 11.1. The van der Waals surface area contributed by atoms with Gasteiger partial charge in [-0.3, -0.25) is 14.6 Å². The number of likely N-dealkylation sites (tertiary alicyclic amines) is 1. The Balaban J connectivity index is 1.22. The van der Waals surface area contributed by atoms with Crippen molar-refractivity contribution in [2.45, 2.75) is 19.4 Å². The molecule has 2 aliphatic rings. The molecule has 0 unspecified atom stereocenters. The van der Waals surface area contributed by atoms with E-state index in [0.29, 0.717) is 0 Å². The molecule has 0 atom stereocenters. The topological polar surface area (TPSA) is 43.8 Å². The van der Waals surface area contributed by atoms with E-state index in [2.05, 4.69) is 57.0 Å². The van der Waals surface area contributed by atoms with Crippen molar-refractivity contribution in [2.75, 3.05) is 59.4 Å². The predicted molar refractivity (Wildman–Crippen MR) is 123 cm³/mol. The zero-order chi connectivity index (χ0) is 21.1. The zero-order valence-corrected chi connectivity index (χ0v) is 19.0. The summed E-state index contributed by atoms with van der Waals surface area (Å²) < 4.78 is 2.17. The molecule has 0 aliphatic carbocycles. The fraction of sp³-hybridized carbons (Fsp3) is 0.609. The second-order valence-corrected chi connectivity index (χ2v) is 9.35. The van der Waals surface area contributed by atoms with Gasteiger partial charge in [0.1, 0.15) is 0 Å². The van der Waals surface area contributed by atoms with Gasteiger partial charge in [0.25, 0.3) is 0 Å². The summed E-state index contributed by atoms with van der Waals surface area (Å²) >= 11 is 6.22. The Hall–Kier alpha value is -1.60. The molecule has 30 heavy (non-hydrogen) atoms. The van der Waals surface area contributed by atoms with Crippen molar-refractivity contribution in [1.29, 1.82) is 0 Å². The van der Waals surface area contributed by atoms with Gasteiger partial charge >= 0.3 is 0 Å². The van der Waals surface area contributed by atoms with Crippen LogP contribution in [0, 0.1) is 5.92 Å². The molecule has 164 valence electrons. The van der Waals surface area contributed by atoms with Gasteiger partial charge in [-0.1, -0.05) is 11.6 Å². The van der Waals surface area contributed by atoms with Crippen molar-refractivity contribution in [1.82, 2.24) is 24.6 Å². The second kappa shape index (κ2) is 9.69. The summed E-state index contributed by atoms with van der Waals surface area (Å²) in [6, 6.07) is 6.09. The zero-order valence-electron chi connectivity index (χ0n) is 18.2. The molecule has 2 aliphatic heterocycles. The van der Waals surface area contributed by atoms with Crippen LogP contribution in [0.25, 0.3) is 10.9 Å². The summed E-state index contributed by atoms with van der Waals surface area (Å²) in [5.74, 6) is 0.386. The number of rotatable bonds is 6. The van der Waals surface area contributed by atoms with Crippen molar-refractivity contribution in [3.05, 3.63) is 35.0 Å². The first-order chi connectivity index (χ1) is 14.5. The highest BCUT2D eigenvalue weighted by Crippen LogP contribution is 2.27. The van der Waals surface area contributed by atoms with Gasteiger partial charge in [0, 0.05) is 80.9 Å². The van der Waals surface area contributed by atoms with E-state index in [9.17, 15) is 4.79 Å². The molecule has 1 N–H and O–H groups in total. The third-order valence-corrected chi connectivity index (χ3v) is 6.94. The van der Waals surface area contributed by atoms with Crippen LogP contribution in [0.4, 0.5) is 0 Å². The number of likely N-dealkylation sites (N-methyl/N-ethyl adjacent to an activating group) is 1. The normalized spacial score (nSPS) is 20.1. The molecule has 1 amide bonds. The number of piperazine rings is 1. The molecule has 1 aromatic heterocycles. The van der Waals surface area contributed by atoms with E-state index >= 15 is 0 Å². The maximum atomic E-state index is 12.6. The number of carbonyl (C=O) groups is 1. The van der Waals surface area contributed by atoms with Crippen LogP contribution >= 0.6 is 11.6 Å². The first-order valence-corrected chi connectivity index (χ1v) is 11.5. The van der Waals surface area contributed by atoms with Crippen LogP contribution < -0.4 is 5.32 Å². The molecular formula is C23H34ClN5O. The highest BCUT2D eigenvalue weighted by Gasteiger charge is 2.25. The fourth-order valence-corrected chi connectivity index (χ4v) is 4.89. The van der Waals surface area contributed by atoms with Gasteiger partial charge < -0.3 is 14.8 Å². The molecule has 0 saturated carbocycles. The number of carbonyl (C=O) groups excluding carboxylic acids is 1. The Morgan fingerprint density at radius 2 is 1.80 bits per heavy atom. The maximum absolute atomic E-state index is 12.6. The van der Waals surface area contributed by atoms with E-state index in [0.717, 1.165) is 76.8 Å². The van der Waals surface area contributed by atoms with Gasteiger partial charge in [0.05, 0.1) is 0 Å². The molecule has 2 fully saturated rings. The van der Waals surface area contributed by atoms with E-state index in [4.69, 9.17) is 11.6 Å². The fourth-order valence-electron chi connectivity index (χ4n) is 4.72. The summed E-state index contributed by atoms with van der Waals surface area (Å²) in [6.45, 7) is 9.01. The number of amides is 1. The van der Waals surface area contributed by atoms with Gasteiger partial charge in [-0.05, 0) is 56.7 Å². The molecule has 1 aromatic carbocycles. The number of nitrogens with one attached hydrogen (secondary N) is 1. The highest BCUT2D eigenvalue weighted by molar-refractivity contribution is 6.31. The summed E-state index contributed by atoms with van der Waals surface area (Å²) in [5, 5.41) is 5.19. The number of benzene rings is 1. The maximum Gasteiger partial charge on any atom is 0.223 e. The monoisotopic (exact) mass is 431 g/mol. The SMILES string of the molecule is CN1CCN(CCNC(=O)C2CCN(Cc3cn(C)c4ccc(Cl)cc34)CC2)CC1. The Bertz CT molecular complexity index is 866. The molecule has 2 saturated heterocycles. The minimum Gasteiger partial charge on any atom is -0.355 e. The largest absolute Gasteiger partial charge is 0.355 e. The van der Waals surface area contributed by atoms with Crippen LogP contribution in [-0.4, -0.2) is 84.6 Å². The van der Waals surface area contributed by atoms with E-state index < -0.39 is 0 Å². The first kappa shape index (κ1) is 21.6. The van der Waals surface area contributed by atoms with Gasteiger partial charge in [-0.25, -0.2) is 0 Å². The Labute approximate surface area is 184 Å². The van der Waals surface area contributed by atoms with E-state index in [1.54, 1.807) is 0 Å². The summed E-state index contributed by atoms with van der Waals surface area (Å²) in [6.07, 6.45) is 4.08. The lowest BCUT2D eigenvalue weighted by molar-refractivity contribution is -0.126. The van der Waals surface area contributed by atoms with Crippen molar-refractivity contribution in [3.8, 4) is 0 Å². The van der Waals surface area contributed by atoms with Crippen LogP contribution in [0.5, 0.6) is 0 Å². The third kappa shape index (κ3) is 5.17. The Morgan fingerprint density at radius 1 is 1.07 bits per heavy atom.